The van der Waals surface area contributed by atoms with Crippen molar-refractivity contribution in [1.82, 2.24) is 9.97 Å². The van der Waals surface area contributed by atoms with E-state index < -0.39 is 0 Å². The summed E-state index contributed by atoms with van der Waals surface area (Å²) in [7, 11) is 0. The van der Waals surface area contributed by atoms with Crippen molar-refractivity contribution < 1.29 is 8.83 Å². The van der Waals surface area contributed by atoms with Crippen molar-refractivity contribution in [3.05, 3.63) is 58.3 Å². The molecule has 0 N–H and O–H groups in total. The van der Waals surface area contributed by atoms with Gasteiger partial charge in [-0.2, -0.15) is 0 Å². The van der Waals surface area contributed by atoms with Crippen LogP contribution in [-0.2, 0) is 6.42 Å². The Morgan fingerprint density at radius 2 is 1.13 bits per heavy atom. The Labute approximate surface area is 134 Å². The molecular formula is C19H18N2O2. The van der Waals surface area contributed by atoms with E-state index >= 15 is 0 Å². The van der Waals surface area contributed by atoms with Crippen LogP contribution in [0.4, 0.5) is 0 Å². The third kappa shape index (κ3) is 2.40. The molecule has 2 aromatic carbocycles. The van der Waals surface area contributed by atoms with Gasteiger partial charge in [0.15, 0.2) is 11.2 Å². The molecule has 4 aromatic rings. The maximum absolute atomic E-state index is 5.90. The zero-order chi connectivity index (χ0) is 16.1. The minimum Gasteiger partial charge on any atom is -0.440 e. The topological polar surface area (TPSA) is 52.1 Å². The predicted molar refractivity (Wildman–Crippen MR) is 89.8 cm³/mol. The summed E-state index contributed by atoms with van der Waals surface area (Å²) in [5.74, 6) is 1.27. The SMILES string of the molecule is Cc1cc(C)c2oc(Cc3nc4cc(C)cc(C)c4o3)nc2c1. The number of aryl methyl sites for hydroxylation is 4. The van der Waals surface area contributed by atoms with E-state index in [2.05, 4.69) is 35.9 Å². The molecule has 0 aliphatic carbocycles. The van der Waals surface area contributed by atoms with E-state index in [1.807, 2.05) is 26.0 Å². The Balaban J connectivity index is 1.75. The maximum Gasteiger partial charge on any atom is 0.204 e. The molecular weight excluding hydrogens is 288 g/mol. The monoisotopic (exact) mass is 306 g/mol. The summed E-state index contributed by atoms with van der Waals surface area (Å²) in [6.07, 6.45) is 0.459. The predicted octanol–water partition coefficient (Wildman–Crippen LogP) is 4.79. The third-order valence-electron chi connectivity index (χ3n) is 4.03. The smallest absolute Gasteiger partial charge is 0.204 e. The van der Waals surface area contributed by atoms with Crippen LogP contribution in [0.25, 0.3) is 22.2 Å². The van der Waals surface area contributed by atoms with Gasteiger partial charge >= 0.3 is 0 Å². The van der Waals surface area contributed by atoms with Gasteiger partial charge in [0.05, 0.1) is 0 Å². The van der Waals surface area contributed by atoms with E-state index in [0.717, 1.165) is 33.3 Å². The molecule has 0 aliphatic rings. The maximum atomic E-state index is 5.90. The van der Waals surface area contributed by atoms with Gasteiger partial charge in [-0.15, -0.1) is 0 Å². The van der Waals surface area contributed by atoms with Gasteiger partial charge in [0.1, 0.15) is 17.5 Å². The van der Waals surface area contributed by atoms with Crippen LogP contribution in [0.5, 0.6) is 0 Å². The molecule has 0 fully saturated rings. The summed E-state index contributed by atoms with van der Waals surface area (Å²) >= 11 is 0. The summed E-state index contributed by atoms with van der Waals surface area (Å²) in [4.78, 5) is 9.15. The van der Waals surface area contributed by atoms with Gasteiger partial charge in [0, 0.05) is 0 Å². The van der Waals surface area contributed by atoms with Gasteiger partial charge < -0.3 is 8.83 Å². The fraction of sp³-hybridized carbons (Fsp3) is 0.263. The highest BCUT2D eigenvalue weighted by molar-refractivity contribution is 5.78. The molecule has 4 heteroatoms. The van der Waals surface area contributed by atoms with Gasteiger partial charge in [-0.05, 0) is 62.1 Å². The molecule has 0 spiro atoms. The van der Waals surface area contributed by atoms with Gasteiger partial charge in [0.25, 0.3) is 0 Å². The molecule has 2 heterocycles. The number of aromatic nitrogens is 2. The number of nitrogens with zero attached hydrogens (tertiary/aromatic N) is 2. The summed E-state index contributed by atoms with van der Waals surface area (Å²) in [5.41, 5.74) is 8.03. The lowest BCUT2D eigenvalue weighted by atomic mass is 10.1. The molecule has 0 aliphatic heterocycles. The molecule has 0 amide bonds. The van der Waals surface area contributed by atoms with E-state index in [9.17, 15) is 0 Å². The first kappa shape index (κ1) is 14.0. The molecule has 0 saturated heterocycles. The van der Waals surface area contributed by atoms with E-state index in [0.29, 0.717) is 18.2 Å². The zero-order valence-corrected chi connectivity index (χ0v) is 13.7. The summed E-state index contributed by atoms with van der Waals surface area (Å²) in [6.45, 7) is 8.20. The second-order valence-electron chi connectivity index (χ2n) is 6.25. The van der Waals surface area contributed by atoms with Crippen LogP contribution in [0.3, 0.4) is 0 Å². The number of benzene rings is 2. The Bertz CT molecular complexity index is 957. The Morgan fingerprint density at radius 1 is 0.696 bits per heavy atom. The van der Waals surface area contributed by atoms with Crippen molar-refractivity contribution in [3.8, 4) is 0 Å². The molecule has 4 nitrogen and oxygen atoms in total. The second-order valence-corrected chi connectivity index (χ2v) is 6.25. The number of fused-ring (bicyclic) bond motifs is 2. The van der Waals surface area contributed by atoms with Crippen molar-refractivity contribution in [2.75, 3.05) is 0 Å². The first-order valence-corrected chi connectivity index (χ1v) is 7.73. The highest BCUT2D eigenvalue weighted by Gasteiger charge is 2.14. The van der Waals surface area contributed by atoms with Crippen LogP contribution in [0.15, 0.2) is 33.1 Å². The minimum atomic E-state index is 0.459. The Morgan fingerprint density at radius 3 is 1.57 bits per heavy atom. The quantitative estimate of drug-likeness (QED) is 0.534. The Hall–Kier alpha value is -2.62. The van der Waals surface area contributed by atoms with E-state index in [4.69, 9.17) is 8.83 Å². The van der Waals surface area contributed by atoms with Crippen LogP contribution < -0.4 is 0 Å². The standard InChI is InChI=1S/C19H18N2O2/c1-10-5-12(3)18-14(7-10)20-16(22-18)9-17-21-15-8-11(2)6-13(4)19(15)23-17/h5-8H,9H2,1-4H3. The third-order valence-corrected chi connectivity index (χ3v) is 4.03. The minimum absolute atomic E-state index is 0.459. The average molecular weight is 306 g/mol. The zero-order valence-electron chi connectivity index (χ0n) is 13.7. The van der Waals surface area contributed by atoms with E-state index in [1.54, 1.807) is 0 Å². The van der Waals surface area contributed by atoms with Crippen LogP contribution in [0.1, 0.15) is 34.0 Å². The molecule has 0 saturated carbocycles. The van der Waals surface area contributed by atoms with Crippen molar-refractivity contribution in [2.24, 2.45) is 0 Å². The normalized spacial score (nSPS) is 11.7. The number of hydrogen-bond donors (Lipinski definition) is 0. The molecule has 116 valence electrons. The Kier molecular flexibility index (Phi) is 3.01. The fourth-order valence-corrected chi connectivity index (χ4v) is 3.13. The fourth-order valence-electron chi connectivity index (χ4n) is 3.13. The van der Waals surface area contributed by atoms with Crippen molar-refractivity contribution >= 4 is 22.2 Å². The summed E-state index contributed by atoms with van der Waals surface area (Å²) in [6, 6.07) is 8.27. The van der Waals surface area contributed by atoms with Gasteiger partial charge in [-0.1, -0.05) is 12.1 Å². The number of hydrogen-bond acceptors (Lipinski definition) is 4. The van der Waals surface area contributed by atoms with Crippen molar-refractivity contribution in [3.63, 3.8) is 0 Å². The molecule has 23 heavy (non-hydrogen) atoms. The lowest BCUT2D eigenvalue weighted by Crippen LogP contribution is -1.87. The van der Waals surface area contributed by atoms with Crippen LogP contribution >= 0.6 is 0 Å². The molecule has 0 radical (unpaired) electrons. The molecule has 2 aromatic heterocycles. The molecule has 0 atom stereocenters. The molecule has 0 unspecified atom stereocenters. The van der Waals surface area contributed by atoms with Gasteiger partial charge in [0.2, 0.25) is 11.8 Å². The highest BCUT2D eigenvalue weighted by atomic mass is 16.4. The van der Waals surface area contributed by atoms with Gasteiger partial charge in [-0.3, -0.25) is 0 Å². The lowest BCUT2D eigenvalue weighted by molar-refractivity contribution is 0.487. The lowest BCUT2D eigenvalue weighted by Gasteiger charge is -1.95. The summed E-state index contributed by atoms with van der Waals surface area (Å²) in [5, 5.41) is 0. The first-order valence-electron chi connectivity index (χ1n) is 7.73. The van der Waals surface area contributed by atoms with E-state index in [-0.39, 0.29) is 0 Å². The van der Waals surface area contributed by atoms with Crippen LogP contribution in [0.2, 0.25) is 0 Å². The van der Waals surface area contributed by atoms with E-state index in [1.165, 1.54) is 11.1 Å². The van der Waals surface area contributed by atoms with Crippen LogP contribution in [0, 0.1) is 27.7 Å². The number of rotatable bonds is 2. The van der Waals surface area contributed by atoms with Gasteiger partial charge in [-0.25, -0.2) is 9.97 Å². The van der Waals surface area contributed by atoms with Crippen molar-refractivity contribution in [1.29, 1.82) is 0 Å². The van der Waals surface area contributed by atoms with Crippen LogP contribution in [-0.4, -0.2) is 9.97 Å². The number of oxazole rings is 2. The highest BCUT2D eigenvalue weighted by Crippen LogP contribution is 2.25. The molecule has 0 bridgehead atoms. The average Bonchev–Trinajstić information content (AvgIpc) is 3.02. The largest absolute Gasteiger partial charge is 0.440 e. The first-order chi connectivity index (χ1) is 11.0. The summed E-state index contributed by atoms with van der Waals surface area (Å²) < 4.78 is 11.8. The van der Waals surface area contributed by atoms with Crippen molar-refractivity contribution in [2.45, 2.75) is 34.1 Å². The second kappa shape index (κ2) is 4.95. The molecule has 4 rings (SSSR count).